The number of amides is 1. The van der Waals surface area contributed by atoms with E-state index < -0.39 is 6.04 Å². The number of carbonyl (C=O) groups is 1. The van der Waals surface area contributed by atoms with E-state index in [4.69, 9.17) is 5.73 Å². The van der Waals surface area contributed by atoms with Crippen molar-refractivity contribution in [1.82, 2.24) is 4.90 Å². The SMILES string of the molecule is CCC(C)C(N)C(=O)N(C)CCc1ccc(F)cc1.Cl. The first kappa shape index (κ1) is 18.9. The van der Waals surface area contributed by atoms with Crippen molar-refractivity contribution < 1.29 is 9.18 Å². The van der Waals surface area contributed by atoms with Gasteiger partial charge in [-0.05, 0) is 30.0 Å². The van der Waals surface area contributed by atoms with Crippen molar-refractivity contribution in [3.05, 3.63) is 35.6 Å². The molecule has 1 amide bonds. The third-order valence-electron chi connectivity index (χ3n) is 3.57. The summed E-state index contributed by atoms with van der Waals surface area (Å²) in [6.45, 7) is 4.60. The number of carbonyl (C=O) groups excluding carboxylic acids is 1. The largest absolute Gasteiger partial charge is 0.344 e. The van der Waals surface area contributed by atoms with Crippen molar-refractivity contribution >= 4 is 18.3 Å². The molecule has 114 valence electrons. The lowest BCUT2D eigenvalue weighted by molar-refractivity contribution is -0.132. The molecule has 1 aromatic rings. The number of likely N-dealkylation sites (N-methyl/N-ethyl adjacent to an activating group) is 1. The first-order valence-electron chi connectivity index (χ1n) is 6.70. The minimum absolute atomic E-state index is 0. The third-order valence-corrected chi connectivity index (χ3v) is 3.57. The van der Waals surface area contributed by atoms with Crippen molar-refractivity contribution in [2.75, 3.05) is 13.6 Å². The summed E-state index contributed by atoms with van der Waals surface area (Å²) in [4.78, 5) is 13.7. The quantitative estimate of drug-likeness (QED) is 0.878. The predicted octanol–water partition coefficient (Wildman–Crippen LogP) is 2.62. The van der Waals surface area contributed by atoms with E-state index in [2.05, 4.69) is 0 Å². The normalized spacial score (nSPS) is 13.2. The van der Waals surface area contributed by atoms with Gasteiger partial charge < -0.3 is 10.6 Å². The highest BCUT2D eigenvalue weighted by atomic mass is 35.5. The fourth-order valence-electron chi connectivity index (χ4n) is 1.81. The molecule has 0 aromatic heterocycles. The van der Waals surface area contributed by atoms with Crippen LogP contribution in [0.5, 0.6) is 0 Å². The van der Waals surface area contributed by atoms with Crippen molar-refractivity contribution in [1.29, 1.82) is 0 Å². The molecule has 0 spiro atoms. The molecule has 0 aliphatic carbocycles. The van der Waals surface area contributed by atoms with Gasteiger partial charge in [0.25, 0.3) is 0 Å². The molecule has 2 atom stereocenters. The van der Waals surface area contributed by atoms with Gasteiger partial charge in [0.1, 0.15) is 5.82 Å². The Bertz CT molecular complexity index is 411. The second-order valence-electron chi connectivity index (χ2n) is 5.05. The number of nitrogens with zero attached hydrogens (tertiary/aromatic N) is 1. The number of benzene rings is 1. The summed E-state index contributed by atoms with van der Waals surface area (Å²) in [5.74, 6) is -0.0933. The zero-order chi connectivity index (χ0) is 14.4. The Labute approximate surface area is 126 Å². The first-order chi connectivity index (χ1) is 8.95. The van der Waals surface area contributed by atoms with Crippen LogP contribution in [0.15, 0.2) is 24.3 Å². The molecule has 0 saturated carbocycles. The number of hydrogen-bond acceptors (Lipinski definition) is 2. The predicted molar refractivity (Wildman–Crippen MR) is 82.4 cm³/mol. The maximum Gasteiger partial charge on any atom is 0.239 e. The average molecular weight is 303 g/mol. The summed E-state index contributed by atoms with van der Waals surface area (Å²) < 4.78 is 12.8. The van der Waals surface area contributed by atoms with E-state index in [9.17, 15) is 9.18 Å². The third kappa shape index (κ3) is 5.47. The fraction of sp³-hybridized carbons (Fsp3) is 0.533. The van der Waals surface area contributed by atoms with E-state index in [1.54, 1.807) is 24.1 Å². The minimum Gasteiger partial charge on any atom is -0.344 e. The molecule has 1 rings (SSSR count). The number of halogens is 2. The van der Waals surface area contributed by atoms with Crippen LogP contribution >= 0.6 is 12.4 Å². The molecule has 2 N–H and O–H groups in total. The number of nitrogens with two attached hydrogens (primary N) is 1. The summed E-state index contributed by atoms with van der Waals surface area (Å²) in [6.07, 6.45) is 1.59. The zero-order valence-corrected chi connectivity index (χ0v) is 13.1. The maximum atomic E-state index is 12.8. The van der Waals surface area contributed by atoms with Crippen LogP contribution in [0.2, 0.25) is 0 Å². The van der Waals surface area contributed by atoms with Crippen molar-refractivity contribution in [3.63, 3.8) is 0 Å². The van der Waals surface area contributed by atoms with E-state index in [0.717, 1.165) is 12.0 Å². The van der Waals surface area contributed by atoms with E-state index in [1.807, 2.05) is 13.8 Å². The highest BCUT2D eigenvalue weighted by molar-refractivity contribution is 5.85. The van der Waals surface area contributed by atoms with Crippen LogP contribution < -0.4 is 5.73 Å². The van der Waals surface area contributed by atoms with Crippen molar-refractivity contribution in [3.8, 4) is 0 Å². The van der Waals surface area contributed by atoms with Crippen LogP contribution in [0.3, 0.4) is 0 Å². The summed E-state index contributed by atoms with van der Waals surface area (Å²) in [5.41, 5.74) is 6.93. The van der Waals surface area contributed by atoms with Gasteiger partial charge in [0.05, 0.1) is 6.04 Å². The topological polar surface area (TPSA) is 46.3 Å². The van der Waals surface area contributed by atoms with Gasteiger partial charge in [0, 0.05) is 13.6 Å². The number of hydrogen-bond donors (Lipinski definition) is 1. The van der Waals surface area contributed by atoms with Crippen LogP contribution in [0.1, 0.15) is 25.8 Å². The number of rotatable bonds is 6. The summed E-state index contributed by atoms with van der Waals surface area (Å²) in [6, 6.07) is 5.90. The molecule has 0 bridgehead atoms. The molecule has 20 heavy (non-hydrogen) atoms. The van der Waals surface area contributed by atoms with E-state index in [1.165, 1.54) is 12.1 Å². The summed E-state index contributed by atoms with van der Waals surface area (Å²) in [5, 5.41) is 0. The molecular weight excluding hydrogens is 279 g/mol. The molecule has 0 aliphatic rings. The van der Waals surface area contributed by atoms with Gasteiger partial charge in [-0.25, -0.2) is 4.39 Å². The van der Waals surface area contributed by atoms with Gasteiger partial charge in [-0.3, -0.25) is 4.79 Å². The highest BCUT2D eigenvalue weighted by Gasteiger charge is 2.22. The van der Waals surface area contributed by atoms with Gasteiger partial charge in [-0.1, -0.05) is 32.4 Å². The van der Waals surface area contributed by atoms with Crippen molar-refractivity contribution in [2.24, 2.45) is 11.7 Å². The molecule has 0 radical (unpaired) electrons. The molecule has 0 saturated heterocycles. The Hall–Kier alpha value is -1.13. The lowest BCUT2D eigenvalue weighted by atomic mass is 9.99. The fourth-order valence-corrected chi connectivity index (χ4v) is 1.81. The molecular formula is C15H24ClFN2O. The standard InChI is InChI=1S/C15H23FN2O.ClH/c1-4-11(2)14(17)15(19)18(3)10-9-12-5-7-13(16)8-6-12;/h5-8,11,14H,4,9-10,17H2,1-3H3;1H. The molecule has 0 aliphatic heterocycles. The second kappa shape index (κ2) is 8.93. The zero-order valence-electron chi connectivity index (χ0n) is 12.3. The van der Waals surface area contributed by atoms with Gasteiger partial charge in [-0.2, -0.15) is 0 Å². The molecule has 0 fully saturated rings. The van der Waals surface area contributed by atoms with E-state index >= 15 is 0 Å². The van der Waals surface area contributed by atoms with Gasteiger partial charge in [0.15, 0.2) is 0 Å². The Kier molecular flexibility index (Phi) is 8.42. The summed E-state index contributed by atoms with van der Waals surface area (Å²) in [7, 11) is 1.76. The van der Waals surface area contributed by atoms with Gasteiger partial charge >= 0.3 is 0 Å². The van der Waals surface area contributed by atoms with Crippen LogP contribution in [0.4, 0.5) is 4.39 Å². The monoisotopic (exact) mass is 302 g/mol. The lowest BCUT2D eigenvalue weighted by Crippen LogP contribution is -2.46. The molecule has 1 aromatic carbocycles. The molecule has 3 nitrogen and oxygen atoms in total. The van der Waals surface area contributed by atoms with E-state index in [-0.39, 0.29) is 30.0 Å². The maximum absolute atomic E-state index is 12.8. The first-order valence-corrected chi connectivity index (χ1v) is 6.70. The van der Waals surface area contributed by atoms with Crippen molar-refractivity contribution in [2.45, 2.75) is 32.7 Å². The van der Waals surface area contributed by atoms with Gasteiger partial charge in [0.2, 0.25) is 5.91 Å². The average Bonchev–Trinajstić information content (AvgIpc) is 2.43. The minimum atomic E-state index is -0.441. The Balaban J connectivity index is 0.00000361. The lowest BCUT2D eigenvalue weighted by Gasteiger charge is -2.24. The van der Waals surface area contributed by atoms with Crippen LogP contribution in [-0.4, -0.2) is 30.4 Å². The molecule has 0 heterocycles. The molecule has 5 heteroatoms. The van der Waals surface area contributed by atoms with Crippen LogP contribution in [-0.2, 0) is 11.2 Å². The molecule has 2 unspecified atom stereocenters. The van der Waals surface area contributed by atoms with Crippen LogP contribution in [0.25, 0.3) is 0 Å². The Morgan fingerprint density at radius 3 is 2.40 bits per heavy atom. The van der Waals surface area contributed by atoms with E-state index in [0.29, 0.717) is 13.0 Å². The Morgan fingerprint density at radius 2 is 1.90 bits per heavy atom. The highest BCUT2D eigenvalue weighted by Crippen LogP contribution is 2.09. The van der Waals surface area contributed by atoms with Gasteiger partial charge in [-0.15, -0.1) is 12.4 Å². The second-order valence-corrected chi connectivity index (χ2v) is 5.05. The Morgan fingerprint density at radius 1 is 1.35 bits per heavy atom. The van der Waals surface area contributed by atoms with Crippen LogP contribution in [0, 0.1) is 11.7 Å². The summed E-state index contributed by atoms with van der Waals surface area (Å²) >= 11 is 0. The smallest absolute Gasteiger partial charge is 0.239 e.